The zero-order valence-corrected chi connectivity index (χ0v) is 50.3. The summed E-state index contributed by atoms with van der Waals surface area (Å²) in [4.78, 5) is 125. The van der Waals surface area contributed by atoms with E-state index in [1.165, 1.54) is 26.2 Å². The van der Waals surface area contributed by atoms with Crippen LogP contribution in [0.2, 0.25) is 0 Å². The van der Waals surface area contributed by atoms with Gasteiger partial charge in [0, 0.05) is 84.1 Å². The van der Waals surface area contributed by atoms with Gasteiger partial charge in [0.25, 0.3) is 0 Å². The lowest BCUT2D eigenvalue weighted by atomic mass is 9.83. The molecule has 2 aromatic rings. The maximum absolute atomic E-state index is 14.8. The van der Waals surface area contributed by atoms with Crippen molar-refractivity contribution in [2.75, 3.05) is 46.7 Å². The van der Waals surface area contributed by atoms with Gasteiger partial charge in [-0.1, -0.05) is 111 Å². The molecule has 0 bridgehead atoms. The Morgan fingerprint density at radius 3 is 1.93 bits per heavy atom. The van der Waals surface area contributed by atoms with Crippen LogP contribution >= 0.6 is 0 Å². The number of carbonyl (C=O) groups is 9. The first kappa shape index (κ1) is 69.0. The number of primary amides is 1. The quantitative estimate of drug-likeness (QED) is 0.0424. The first-order valence-corrected chi connectivity index (χ1v) is 28.7. The van der Waals surface area contributed by atoms with Gasteiger partial charge in [-0.3, -0.25) is 33.6 Å². The van der Waals surface area contributed by atoms with E-state index in [-0.39, 0.29) is 98.1 Å². The number of carboxylic acids is 1. The van der Waals surface area contributed by atoms with Gasteiger partial charge in [-0.05, 0) is 79.0 Å². The summed E-state index contributed by atoms with van der Waals surface area (Å²) in [5, 5.41) is 15.4. The summed E-state index contributed by atoms with van der Waals surface area (Å²) in [7, 11) is 6.17. The molecule has 3 rings (SSSR count). The number of ketones is 3. The fourth-order valence-corrected chi connectivity index (χ4v) is 11.1. The average Bonchev–Trinajstić information content (AvgIpc) is 4.01. The summed E-state index contributed by atoms with van der Waals surface area (Å²) >= 11 is 0. The highest BCUT2D eigenvalue weighted by atomic mass is 16.6. The Morgan fingerprint density at radius 1 is 0.753 bits per heavy atom. The highest BCUT2D eigenvalue weighted by Crippen LogP contribution is 2.32. The molecule has 1 aliphatic rings. The Morgan fingerprint density at radius 2 is 1.38 bits per heavy atom. The lowest BCUT2D eigenvalue weighted by molar-refractivity contribution is -0.149. The molecule has 0 radical (unpaired) electrons. The van der Waals surface area contributed by atoms with Gasteiger partial charge in [-0.15, -0.1) is 0 Å². The van der Waals surface area contributed by atoms with E-state index in [2.05, 4.69) is 10.6 Å². The van der Waals surface area contributed by atoms with Gasteiger partial charge >= 0.3 is 18.1 Å². The lowest BCUT2D eigenvalue weighted by Gasteiger charge is -2.41. The van der Waals surface area contributed by atoms with E-state index in [1.807, 2.05) is 85.7 Å². The first-order chi connectivity index (χ1) is 38.2. The van der Waals surface area contributed by atoms with Crippen LogP contribution in [0.25, 0.3) is 0 Å². The van der Waals surface area contributed by atoms with Crippen LogP contribution in [0.1, 0.15) is 131 Å². The number of nitrogens with two attached hydrogens (primary N) is 2. The van der Waals surface area contributed by atoms with Crippen molar-refractivity contribution in [3.63, 3.8) is 0 Å². The summed E-state index contributed by atoms with van der Waals surface area (Å²) in [5.74, 6) is -6.87. The fourth-order valence-electron chi connectivity index (χ4n) is 11.1. The number of methoxy groups -OCH3 is 2. The third kappa shape index (κ3) is 20.6. The molecule has 1 aliphatic heterocycles. The number of nitrogens with one attached hydrogen (secondary N) is 2. The number of hydrogen-bond donors (Lipinski definition) is 5. The molecular weight excluding hydrogens is 1040 g/mol. The molecule has 0 spiro atoms. The second-order valence-corrected chi connectivity index (χ2v) is 23.1. The van der Waals surface area contributed by atoms with Crippen LogP contribution in [-0.4, -0.2) is 151 Å². The smallest absolute Gasteiger partial charge is 0.410 e. The monoisotopic (exact) mass is 1130 g/mol. The number of benzene rings is 2. The molecule has 2 aromatic carbocycles. The molecule has 6 amide bonds. The van der Waals surface area contributed by atoms with E-state index in [0.29, 0.717) is 49.9 Å². The molecule has 81 heavy (non-hydrogen) atoms. The molecule has 11 atom stereocenters. The summed E-state index contributed by atoms with van der Waals surface area (Å²) < 4.78 is 17.7. The fraction of sp³-hybridized carbons (Fsp3) is 0.656. The Hall–Kier alpha value is -6.25. The predicted octanol–water partition coefficient (Wildman–Crippen LogP) is 7.28. The Labute approximate surface area is 480 Å². The van der Waals surface area contributed by atoms with Gasteiger partial charge in [-0.2, -0.15) is 0 Å². The highest BCUT2D eigenvalue weighted by Gasteiger charge is 2.44. The van der Waals surface area contributed by atoms with Crippen LogP contribution in [0, 0.1) is 47.3 Å². The molecule has 20 heteroatoms. The molecular formula is C61H95N7O13. The minimum atomic E-state index is -1.06. The maximum atomic E-state index is 14.8. The molecule has 1 saturated heterocycles. The SMILES string of the molecule is CCC(C)[C@@H](C(CC(=O)N1CCC[C@H]1[C@H](OC)[C@@H](C)C(=O)C[C@@H](Cc1ccccc1)C(=O)O)OC)N(C)C(=O)[C@@H](CC(=O)[C@H](C(C)C)N(C)C(=O)OCc1ccc(NC(=O)[C@H](CCCNC(N)=O)CC(=O)[C@@H](N)C(C)C)cc1)C(C)C. The maximum Gasteiger partial charge on any atom is 0.410 e. The molecule has 1 fully saturated rings. The van der Waals surface area contributed by atoms with Crippen molar-refractivity contribution in [2.24, 2.45) is 58.8 Å². The van der Waals surface area contributed by atoms with Crippen LogP contribution in [0.4, 0.5) is 15.3 Å². The van der Waals surface area contributed by atoms with Crippen molar-refractivity contribution in [2.45, 2.75) is 170 Å². The van der Waals surface area contributed by atoms with E-state index >= 15 is 0 Å². The minimum Gasteiger partial charge on any atom is -0.481 e. The number of ether oxygens (including phenoxy) is 3. The van der Waals surface area contributed by atoms with Crippen molar-refractivity contribution >= 4 is 58.9 Å². The van der Waals surface area contributed by atoms with E-state index in [9.17, 15) is 48.3 Å². The van der Waals surface area contributed by atoms with Crippen LogP contribution in [0.5, 0.6) is 0 Å². The summed E-state index contributed by atoms with van der Waals surface area (Å²) in [6, 6.07) is 12.4. The zero-order valence-electron chi connectivity index (χ0n) is 50.3. The van der Waals surface area contributed by atoms with E-state index in [0.717, 1.165) is 5.56 Å². The van der Waals surface area contributed by atoms with Crippen LogP contribution in [0.15, 0.2) is 54.6 Å². The summed E-state index contributed by atoms with van der Waals surface area (Å²) in [5.41, 5.74) is 13.1. The molecule has 0 aliphatic carbocycles. The Bertz CT molecular complexity index is 2380. The number of amides is 6. The Kier molecular flexibility index (Phi) is 28.6. The summed E-state index contributed by atoms with van der Waals surface area (Å²) in [6.45, 7) is 17.2. The van der Waals surface area contributed by atoms with Crippen molar-refractivity contribution in [1.29, 1.82) is 0 Å². The van der Waals surface area contributed by atoms with Crippen molar-refractivity contribution in [3.8, 4) is 0 Å². The van der Waals surface area contributed by atoms with Gasteiger partial charge in [0.05, 0.1) is 48.7 Å². The molecule has 452 valence electrons. The van der Waals surface area contributed by atoms with E-state index < -0.39 is 84.0 Å². The van der Waals surface area contributed by atoms with Crippen molar-refractivity contribution in [1.82, 2.24) is 20.0 Å². The number of carbonyl (C=O) groups excluding carboxylic acids is 8. The number of Topliss-reactive ketones (excluding diaryl/α,β-unsaturated/α-hetero) is 3. The normalized spacial score (nSPS) is 17.2. The van der Waals surface area contributed by atoms with Gasteiger partial charge in [0.1, 0.15) is 12.4 Å². The topological polar surface area (TPSA) is 287 Å². The highest BCUT2D eigenvalue weighted by molar-refractivity contribution is 5.96. The number of likely N-dealkylation sites (tertiary alicyclic amines) is 1. The second-order valence-electron chi connectivity index (χ2n) is 23.1. The van der Waals surface area contributed by atoms with Crippen molar-refractivity contribution in [3.05, 3.63) is 65.7 Å². The number of carboxylic acid groups (broad SMARTS) is 1. The number of likely N-dealkylation sites (N-methyl/N-ethyl adjacent to an activating group) is 2. The first-order valence-electron chi connectivity index (χ1n) is 28.7. The number of aliphatic carboxylic acids is 1. The van der Waals surface area contributed by atoms with E-state index in [4.69, 9.17) is 25.7 Å². The molecule has 1 heterocycles. The summed E-state index contributed by atoms with van der Waals surface area (Å²) in [6.07, 6.45) is 0.0877. The molecule has 0 saturated carbocycles. The minimum absolute atomic E-state index is 0.0749. The van der Waals surface area contributed by atoms with Crippen LogP contribution < -0.4 is 22.1 Å². The van der Waals surface area contributed by atoms with Crippen molar-refractivity contribution < 1.29 is 62.5 Å². The number of anilines is 1. The number of hydrogen-bond acceptors (Lipinski definition) is 13. The van der Waals surface area contributed by atoms with Gasteiger partial charge in [0.15, 0.2) is 11.6 Å². The lowest BCUT2D eigenvalue weighted by Crippen LogP contribution is -2.54. The van der Waals surface area contributed by atoms with Gasteiger partial charge in [-0.25, -0.2) is 9.59 Å². The van der Waals surface area contributed by atoms with Gasteiger partial charge < -0.3 is 56.1 Å². The van der Waals surface area contributed by atoms with Gasteiger partial charge in [0.2, 0.25) is 17.7 Å². The second kappa shape index (κ2) is 33.6. The molecule has 0 aromatic heterocycles. The zero-order chi connectivity index (χ0) is 60.8. The average molecular weight is 1130 g/mol. The molecule has 7 N–H and O–H groups in total. The molecule has 2 unspecified atom stereocenters. The largest absolute Gasteiger partial charge is 0.481 e. The van der Waals surface area contributed by atoms with Crippen LogP contribution in [-0.2, 0) is 60.8 Å². The number of urea groups is 1. The van der Waals surface area contributed by atoms with Crippen LogP contribution in [0.3, 0.4) is 0 Å². The predicted molar refractivity (Wildman–Crippen MR) is 309 cm³/mol. The molecule has 20 nitrogen and oxygen atoms in total. The standard InChI is InChI=1S/C61H95N7O13/c1-14-39(8)55(51(79-12)34-52(72)68-29-19-23-47(68)56(80-13)40(9)48(69)32-44(59(75)76)30-41-20-16-15-17-21-41)66(10)58(74)46(36(2)3)33-50(71)54(38(6)7)67(11)61(78)81-35-42-24-26-45(27-25-42)65-57(73)43(22-18-28-64-60(63)77)31-49(70)53(62)37(4)5/h15-17,20-21,24-27,36-40,43-44,46-47,51,53-56H,14,18-19,22-23,28-35,62H2,1-13H3,(H,65,73)(H,75,76)(H3,63,64,77)/t39?,40-,43+,44+,46-,47-,51?,53-,54-,55-,56+/m0/s1. The third-order valence-electron chi connectivity index (χ3n) is 16.2. The number of nitrogens with zero attached hydrogens (tertiary/aromatic N) is 3. The number of rotatable bonds is 35. The van der Waals surface area contributed by atoms with E-state index in [1.54, 1.807) is 48.0 Å². The Balaban J connectivity index is 1.71. The third-order valence-corrected chi connectivity index (χ3v) is 16.2.